The van der Waals surface area contributed by atoms with Crippen molar-refractivity contribution in [3.05, 3.63) is 16.1 Å². The van der Waals surface area contributed by atoms with Crippen LogP contribution in [-0.2, 0) is 5.54 Å². The fourth-order valence-electron chi connectivity index (χ4n) is 3.21. The third kappa shape index (κ3) is 3.19. The van der Waals surface area contributed by atoms with Gasteiger partial charge in [-0.25, -0.2) is 4.98 Å². The quantitative estimate of drug-likeness (QED) is 0.847. The van der Waals surface area contributed by atoms with Crippen LogP contribution in [0.5, 0.6) is 0 Å². The van der Waals surface area contributed by atoms with Gasteiger partial charge in [0, 0.05) is 5.38 Å². The Hall–Kier alpha value is -0.410. The first-order valence-electron chi connectivity index (χ1n) is 7.76. The summed E-state index contributed by atoms with van der Waals surface area (Å²) < 4.78 is 0. The summed E-state index contributed by atoms with van der Waals surface area (Å²) in [6, 6.07) is 0. The highest BCUT2D eigenvalue weighted by Gasteiger charge is 2.37. The van der Waals surface area contributed by atoms with Crippen LogP contribution in [0.2, 0.25) is 0 Å². The van der Waals surface area contributed by atoms with Gasteiger partial charge in [0.05, 0.1) is 11.2 Å². The molecule has 108 valence electrons. The number of aromatic nitrogens is 1. The van der Waals surface area contributed by atoms with Crippen molar-refractivity contribution in [2.45, 2.75) is 70.8 Å². The Balaban J connectivity index is 2.10. The zero-order valence-corrected chi connectivity index (χ0v) is 13.6. The lowest BCUT2D eigenvalue weighted by Gasteiger charge is -2.38. The number of nitrogens with one attached hydrogen (secondary N) is 1. The van der Waals surface area contributed by atoms with Gasteiger partial charge >= 0.3 is 0 Å². The van der Waals surface area contributed by atoms with Crippen molar-refractivity contribution in [1.29, 1.82) is 0 Å². The molecule has 19 heavy (non-hydrogen) atoms. The summed E-state index contributed by atoms with van der Waals surface area (Å²) in [6.45, 7) is 6.75. The summed E-state index contributed by atoms with van der Waals surface area (Å²) >= 11 is 1.85. The summed E-state index contributed by atoms with van der Waals surface area (Å²) in [4.78, 5) is 4.90. The van der Waals surface area contributed by atoms with Crippen LogP contribution < -0.4 is 5.32 Å². The Kier molecular flexibility index (Phi) is 5.02. The Morgan fingerprint density at radius 3 is 2.58 bits per heavy atom. The molecule has 0 spiro atoms. The molecule has 1 aromatic rings. The predicted octanol–water partition coefficient (Wildman–Crippen LogP) is 4.67. The summed E-state index contributed by atoms with van der Waals surface area (Å²) in [5.41, 5.74) is 1.41. The number of hydrogen-bond donors (Lipinski definition) is 1. The smallest absolute Gasteiger partial charge is 0.113 e. The second-order valence-corrected chi connectivity index (χ2v) is 7.15. The molecule has 3 heteroatoms. The molecule has 1 heterocycles. The lowest BCUT2D eigenvalue weighted by Crippen LogP contribution is -2.43. The predicted molar refractivity (Wildman–Crippen MR) is 83.8 cm³/mol. The summed E-state index contributed by atoms with van der Waals surface area (Å²) in [5, 5.41) is 7.16. The van der Waals surface area contributed by atoms with Crippen molar-refractivity contribution >= 4 is 11.3 Å². The molecule has 1 N–H and O–H groups in total. The Morgan fingerprint density at radius 1 is 1.42 bits per heavy atom. The Morgan fingerprint density at radius 2 is 2.11 bits per heavy atom. The van der Waals surface area contributed by atoms with E-state index in [2.05, 4.69) is 38.5 Å². The maximum absolute atomic E-state index is 4.90. The van der Waals surface area contributed by atoms with Gasteiger partial charge in [0.15, 0.2) is 0 Å². The second kappa shape index (κ2) is 6.36. The molecular weight excluding hydrogens is 252 g/mol. The number of hydrogen-bond acceptors (Lipinski definition) is 3. The highest BCUT2D eigenvalue weighted by atomic mass is 32.1. The summed E-state index contributed by atoms with van der Waals surface area (Å²) in [6.07, 6.45) is 7.93. The van der Waals surface area contributed by atoms with Crippen LogP contribution in [0.4, 0.5) is 0 Å². The standard InChI is InChI=1S/C16H28N2S/c1-5-6-13-7-9-16(17-4,10-8-13)15-18-14(11-19-15)12(2)3/h11-13,17H,5-10H2,1-4H3. The molecule has 1 aliphatic rings. The third-order valence-corrected chi connectivity index (χ3v) is 5.72. The van der Waals surface area contributed by atoms with Gasteiger partial charge in [0.2, 0.25) is 0 Å². The first kappa shape index (κ1) is 15.0. The van der Waals surface area contributed by atoms with Crippen molar-refractivity contribution in [1.82, 2.24) is 10.3 Å². The fraction of sp³-hybridized carbons (Fsp3) is 0.812. The molecular formula is C16H28N2S. The molecule has 2 rings (SSSR count). The van der Waals surface area contributed by atoms with Crippen LogP contribution in [0.1, 0.15) is 75.9 Å². The molecule has 0 unspecified atom stereocenters. The van der Waals surface area contributed by atoms with E-state index in [9.17, 15) is 0 Å². The van der Waals surface area contributed by atoms with Gasteiger partial charge in [-0.1, -0.05) is 33.6 Å². The SMILES string of the molecule is CCCC1CCC(NC)(c2nc(C(C)C)cs2)CC1. The average Bonchev–Trinajstić information content (AvgIpc) is 2.91. The monoisotopic (exact) mass is 280 g/mol. The van der Waals surface area contributed by atoms with E-state index in [0.717, 1.165) is 5.92 Å². The summed E-state index contributed by atoms with van der Waals surface area (Å²) in [7, 11) is 2.11. The molecule has 1 aromatic heterocycles. The van der Waals surface area contributed by atoms with E-state index in [1.807, 2.05) is 11.3 Å². The van der Waals surface area contributed by atoms with Gasteiger partial charge in [0.1, 0.15) is 5.01 Å². The van der Waals surface area contributed by atoms with Crippen LogP contribution in [0.15, 0.2) is 5.38 Å². The maximum Gasteiger partial charge on any atom is 0.113 e. The molecule has 0 radical (unpaired) electrons. The van der Waals surface area contributed by atoms with Crippen LogP contribution in [0, 0.1) is 5.92 Å². The molecule has 0 aliphatic heterocycles. The van der Waals surface area contributed by atoms with Gasteiger partial charge < -0.3 is 5.32 Å². The number of thiazole rings is 1. The molecule has 1 fully saturated rings. The van der Waals surface area contributed by atoms with Gasteiger partial charge in [0.25, 0.3) is 0 Å². The highest BCUT2D eigenvalue weighted by Crippen LogP contribution is 2.42. The van der Waals surface area contributed by atoms with Crippen LogP contribution >= 0.6 is 11.3 Å². The molecule has 2 nitrogen and oxygen atoms in total. The molecule has 0 amide bonds. The van der Waals surface area contributed by atoms with Gasteiger partial charge in [-0.15, -0.1) is 11.3 Å². The molecule has 1 saturated carbocycles. The first-order valence-corrected chi connectivity index (χ1v) is 8.64. The van der Waals surface area contributed by atoms with Gasteiger partial charge in [-0.05, 0) is 44.6 Å². The van der Waals surface area contributed by atoms with Gasteiger partial charge in [-0.2, -0.15) is 0 Å². The van der Waals surface area contributed by atoms with Crippen molar-refractivity contribution in [3.63, 3.8) is 0 Å². The minimum atomic E-state index is 0.155. The number of rotatable bonds is 5. The van der Waals surface area contributed by atoms with E-state index in [-0.39, 0.29) is 5.54 Å². The normalized spacial score (nSPS) is 27.9. The van der Waals surface area contributed by atoms with Crippen LogP contribution in [-0.4, -0.2) is 12.0 Å². The van der Waals surface area contributed by atoms with Crippen LogP contribution in [0.3, 0.4) is 0 Å². The molecule has 0 atom stereocenters. The van der Waals surface area contributed by atoms with Crippen LogP contribution in [0.25, 0.3) is 0 Å². The fourth-order valence-corrected chi connectivity index (χ4v) is 4.46. The number of nitrogens with zero attached hydrogens (tertiary/aromatic N) is 1. The third-order valence-electron chi connectivity index (χ3n) is 4.66. The summed E-state index contributed by atoms with van der Waals surface area (Å²) in [5.74, 6) is 1.48. The molecule has 0 bridgehead atoms. The van der Waals surface area contributed by atoms with Crippen molar-refractivity contribution < 1.29 is 0 Å². The largest absolute Gasteiger partial charge is 0.308 e. The van der Waals surface area contributed by atoms with E-state index < -0.39 is 0 Å². The topological polar surface area (TPSA) is 24.9 Å². The highest BCUT2D eigenvalue weighted by molar-refractivity contribution is 7.09. The lowest BCUT2D eigenvalue weighted by molar-refractivity contribution is 0.191. The lowest BCUT2D eigenvalue weighted by atomic mass is 9.75. The first-order chi connectivity index (χ1) is 9.11. The molecule has 0 aromatic carbocycles. The van der Waals surface area contributed by atoms with E-state index >= 15 is 0 Å². The van der Waals surface area contributed by atoms with E-state index in [1.54, 1.807) is 0 Å². The minimum absolute atomic E-state index is 0.155. The Bertz CT molecular complexity index is 389. The van der Waals surface area contributed by atoms with Crippen molar-refractivity contribution in [3.8, 4) is 0 Å². The second-order valence-electron chi connectivity index (χ2n) is 6.30. The average molecular weight is 280 g/mol. The Labute approximate surface area is 122 Å². The van der Waals surface area contributed by atoms with E-state index in [4.69, 9.17) is 4.98 Å². The van der Waals surface area contributed by atoms with Crippen molar-refractivity contribution in [2.24, 2.45) is 5.92 Å². The molecule has 1 aliphatic carbocycles. The zero-order chi connectivity index (χ0) is 13.9. The van der Waals surface area contributed by atoms with E-state index in [1.165, 1.54) is 49.2 Å². The van der Waals surface area contributed by atoms with Crippen molar-refractivity contribution in [2.75, 3.05) is 7.05 Å². The van der Waals surface area contributed by atoms with Gasteiger partial charge in [-0.3, -0.25) is 0 Å². The molecule has 0 saturated heterocycles. The minimum Gasteiger partial charge on any atom is -0.308 e. The zero-order valence-electron chi connectivity index (χ0n) is 12.8. The maximum atomic E-state index is 4.90. The van der Waals surface area contributed by atoms with E-state index in [0.29, 0.717) is 5.92 Å².